The highest BCUT2D eigenvalue weighted by Crippen LogP contribution is 2.29. The van der Waals surface area contributed by atoms with Crippen LogP contribution in [0.15, 0.2) is 36.4 Å². The van der Waals surface area contributed by atoms with Crippen LogP contribution < -0.4 is 0 Å². The largest absolute Gasteiger partial charge is 0.354 e. The number of hydrogen-bond donors (Lipinski definition) is 1. The fourth-order valence-electron chi connectivity index (χ4n) is 2.71. The molecule has 1 nitrogen and oxygen atoms in total. The second-order valence-electron chi connectivity index (χ2n) is 5.47. The van der Waals surface area contributed by atoms with E-state index in [0.29, 0.717) is 0 Å². The summed E-state index contributed by atoms with van der Waals surface area (Å²) < 4.78 is 0. The molecule has 0 aliphatic heterocycles. The van der Waals surface area contributed by atoms with Gasteiger partial charge in [-0.3, -0.25) is 0 Å². The summed E-state index contributed by atoms with van der Waals surface area (Å²) in [6, 6.07) is 13.3. The van der Waals surface area contributed by atoms with Crippen LogP contribution in [0.4, 0.5) is 0 Å². The fraction of sp³-hybridized carbons (Fsp3) is 0.222. The molecule has 0 unspecified atom stereocenters. The van der Waals surface area contributed by atoms with Crippen LogP contribution in [0.5, 0.6) is 0 Å². The van der Waals surface area contributed by atoms with Crippen molar-refractivity contribution in [2.24, 2.45) is 0 Å². The van der Waals surface area contributed by atoms with Crippen LogP contribution in [0.1, 0.15) is 22.3 Å². The summed E-state index contributed by atoms with van der Waals surface area (Å²) in [6.07, 6.45) is 0. The minimum atomic E-state index is 1.21. The molecule has 1 heterocycles. The van der Waals surface area contributed by atoms with Crippen LogP contribution in [0, 0.1) is 27.7 Å². The van der Waals surface area contributed by atoms with Gasteiger partial charge in [0.2, 0.25) is 0 Å². The number of fused-ring (bicyclic) bond motifs is 1. The third-order valence-corrected chi connectivity index (χ3v) is 4.00. The van der Waals surface area contributed by atoms with Gasteiger partial charge in [0, 0.05) is 22.2 Å². The third kappa shape index (κ3) is 1.95. The zero-order chi connectivity index (χ0) is 13.6. The van der Waals surface area contributed by atoms with E-state index in [1.54, 1.807) is 0 Å². The first-order valence-electron chi connectivity index (χ1n) is 6.73. The zero-order valence-electron chi connectivity index (χ0n) is 12.0. The Morgan fingerprint density at radius 1 is 0.789 bits per heavy atom. The minimum absolute atomic E-state index is 1.21. The number of nitrogens with one attached hydrogen (secondary N) is 1. The monoisotopic (exact) mass is 249 g/mol. The zero-order valence-corrected chi connectivity index (χ0v) is 12.0. The SMILES string of the molecule is Cc1ccc(-c2cc3ccc(C)c(C)c3[nH]2)c(C)c1. The topological polar surface area (TPSA) is 15.8 Å². The van der Waals surface area contributed by atoms with Gasteiger partial charge in [-0.25, -0.2) is 0 Å². The molecular formula is C18H19N. The van der Waals surface area contributed by atoms with Crippen LogP contribution in [0.2, 0.25) is 0 Å². The predicted molar refractivity (Wildman–Crippen MR) is 82.7 cm³/mol. The van der Waals surface area contributed by atoms with Gasteiger partial charge in [0.1, 0.15) is 0 Å². The highest BCUT2D eigenvalue weighted by atomic mass is 14.7. The number of benzene rings is 2. The molecule has 0 spiro atoms. The number of rotatable bonds is 1. The summed E-state index contributed by atoms with van der Waals surface area (Å²) in [7, 11) is 0. The van der Waals surface area contributed by atoms with Gasteiger partial charge in [-0.2, -0.15) is 0 Å². The van der Waals surface area contributed by atoms with Crippen LogP contribution >= 0.6 is 0 Å². The summed E-state index contributed by atoms with van der Waals surface area (Å²) in [5.41, 5.74) is 9.07. The van der Waals surface area contributed by atoms with Crippen LogP contribution in [-0.4, -0.2) is 4.98 Å². The molecule has 0 atom stereocenters. The summed E-state index contributed by atoms with van der Waals surface area (Å²) in [6.45, 7) is 8.65. The summed E-state index contributed by atoms with van der Waals surface area (Å²) in [5.74, 6) is 0. The molecule has 0 aliphatic carbocycles. The molecule has 0 fully saturated rings. The minimum Gasteiger partial charge on any atom is -0.354 e. The quantitative estimate of drug-likeness (QED) is 0.620. The van der Waals surface area contributed by atoms with Crippen molar-refractivity contribution in [2.45, 2.75) is 27.7 Å². The lowest BCUT2D eigenvalue weighted by Crippen LogP contribution is -1.85. The number of aromatic amines is 1. The van der Waals surface area contributed by atoms with Crippen molar-refractivity contribution in [3.63, 3.8) is 0 Å². The Labute approximate surface area is 114 Å². The third-order valence-electron chi connectivity index (χ3n) is 4.00. The Morgan fingerprint density at radius 2 is 1.58 bits per heavy atom. The number of aromatic nitrogens is 1. The second kappa shape index (κ2) is 4.27. The van der Waals surface area contributed by atoms with Crippen molar-refractivity contribution in [1.29, 1.82) is 0 Å². The standard InChI is InChI=1S/C18H19N/c1-11-5-8-16(13(3)9-11)17-10-15-7-6-12(2)14(4)18(15)19-17/h5-10,19H,1-4H3. The average molecular weight is 249 g/mol. The van der Waals surface area contributed by atoms with Crippen LogP contribution in [0.25, 0.3) is 22.2 Å². The average Bonchev–Trinajstić information content (AvgIpc) is 2.78. The van der Waals surface area contributed by atoms with Crippen molar-refractivity contribution in [3.05, 3.63) is 58.7 Å². The highest BCUT2D eigenvalue weighted by molar-refractivity contribution is 5.89. The van der Waals surface area contributed by atoms with Crippen molar-refractivity contribution < 1.29 is 0 Å². The molecule has 0 saturated carbocycles. The fourth-order valence-corrected chi connectivity index (χ4v) is 2.71. The highest BCUT2D eigenvalue weighted by Gasteiger charge is 2.08. The van der Waals surface area contributed by atoms with E-state index in [9.17, 15) is 0 Å². The molecule has 0 amide bonds. The van der Waals surface area contributed by atoms with E-state index < -0.39 is 0 Å². The van der Waals surface area contributed by atoms with Crippen molar-refractivity contribution in [2.75, 3.05) is 0 Å². The predicted octanol–water partition coefficient (Wildman–Crippen LogP) is 5.07. The molecule has 3 aromatic rings. The van der Waals surface area contributed by atoms with Gasteiger partial charge in [0.05, 0.1) is 0 Å². The maximum atomic E-state index is 3.58. The normalized spacial score (nSPS) is 11.2. The summed E-state index contributed by atoms with van der Waals surface area (Å²) >= 11 is 0. The Morgan fingerprint density at radius 3 is 2.32 bits per heavy atom. The summed E-state index contributed by atoms with van der Waals surface area (Å²) in [5, 5.41) is 1.29. The smallest absolute Gasteiger partial charge is 0.0491 e. The van der Waals surface area contributed by atoms with Gasteiger partial charge in [0.15, 0.2) is 0 Å². The van der Waals surface area contributed by atoms with Gasteiger partial charge in [-0.15, -0.1) is 0 Å². The second-order valence-corrected chi connectivity index (χ2v) is 5.47. The van der Waals surface area contributed by atoms with Crippen molar-refractivity contribution >= 4 is 10.9 Å². The maximum absolute atomic E-state index is 3.58. The lowest BCUT2D eigenvalue weighted by Gasteiger charge is -2.04. The first-order chi connectivity index (χ1) is 9.06. The van der Waals surface area contributed by atoms with Crippen molar-refractivity contribution in [3.8, 4) is 11.3 Å². The molecule has 2 aromatic carbocycles. The van der Waals surface area contributed by atoms with E-state index in [4.69, 9.17) is 0 Å². The van der Waals surface area contributed by atoms with Gasteiger partial charge in [-0.05, 0) is 50.5 Å². The molecule has 19 heavy (non-hydrogen) atoms. The first-order valence-corrected chi connectivity index (χ1v) is 6.73. The molecule has 3 rings (SSSR count). The molecule has 0 aliphatic rings. The van der Waals surface area contributed by atoms with Gasteiger partial charge < -0.3 is 4.98 Å². The molecule has 0 bridgehead atoms. The van der Waals surface area contributed by atoms with Crippen LogP contribution in [-0.2, 0) is 0 Å². The number of aryl methyl sites for hydroxylation is 4. The van der Waals surface area contributed by atoms with E-state index in [1.807, 2.05) is 0 Å². The van der Waals surface area contributed by atoms with Gasteiger partial charge in [0.25, 0.3) is 0 Å². The molecule has 1 heteroatoms. The van der Waals surface area contributed by atoms with E-state index in [-0.39, 0.29) is 0 Å². The number of hydrogen-bond acceptors (Lipinski definition) is 0. The van der Waals surface area contributed by atoms with E-state index in [2.05, 4.69) is 69.1 Å². The van der Waals surface area contributed by atoms with Gasteiger partial charge >= 0.3 is 0 Å². The Balaban J connectivity index is 2.23. The maximum Gasteiger partial charge on any atom is 0.0491 e. The van der Waals surface area contributed by atoms with Crippen LogP contribution in [0.3, 0.4) is 0 Å². The van der Waals surface area contributed by atoms with Crippen molar-refractivity contribution in [1.82, 2.24) is 4.98 Å². The van der Waals surface area contributed by atoms with E-state index in [1.165, 1.54) is 44.4 Å². The van der Waals surface area contributed by atoms with E-state index >= 15 is 0 Å². The molecular weight excluding hydrogens is 230 g/mol. The van der Waals surface area contributed by atoms with Gasteiger partial charge in [-0.1, -0.05) is 35.9 Å². The Bertz CT molecular complexity index is 763. The molecule has 0 radical (unpaired) electrons. The molecule has 96 valence electrons. The Kier molecular flexibility index (Phi) is 2.70. The van der Waals surface area contributed by atoms with E-state index in [0.717, 1.165) is 0 Å². The lowest BCUT2D eigenvalue weighted by atomic mass is 10.0. The first kappa shape index (κ1) is 12.0. The molecule has 1 N–H and O–H groups in total. The number of H-pyrrole nitrogens is 1. The molecule has 0 saturated heterocycles. The lowest BCUT2D eigenvalue weighted by molar-refractivity contribution is 1.32. The summed E-state index contributed by atoms with van der Waals surface area (Å²) in [4.78, 5) is 3.58. The molecule has 1 aromatic heterocycles. The Hall–Kier alpha value is -2.02.